The van der Waals surface area contributed by atoms with E-state index in [0.29, 0.717) is 6.42 Å². The van der Waals surface area contributed by atoms with Gasteiger partial charge in [-0.1, -0.05) is 18.2 Å². The second-order valence-electron chi connectivity index (χ2n) is 5.31. The van der Waals surface area contributed by atoms with Crippen LogP contribution in [0.2, 0.25) is 0 Å². The third-order valence-electron chi connectivity index (χ3n) is 3.93. The van der Waals surface area contributed by atoms with E-state index in [1.807, 2.05) is 12.1 Å². The van der Waals surface area contributed by atoms with Gasteiger partial charge in [-0.2, -0.15) is 5.10 Å². The first kappa shape index (κ1) is 15.1. The Morgan fingerprint density at radius 3 is 3.05 bits per heavy atom. The minimum absolute atomic E-state index is 0.234. The van der Waals surface area contributed by atoms with E-state index in [-0.39, 0.29) is 12.0 Å². The molecule has 0 saturated carbocycles. The molecular formula is C16H19N3O2S. The highest BCUT2D eigenvalue weighted by Crippen LogP contribution is 2.26. The smallest absolute Gasteiger partial charge is 0.330 e. The average molecular weight is 317 g/mol. The van der Waals surface area contributed by atoms with E-state index < -0.39 is 0 Å². The summed E-state index contributed by atoms with van der Waals surface area (Å²) in [5.41, 5.74) is 1.22. The summed E-state index contributed by atoms with van der Waals surface area (Å²) in [7, 11) is 1.42. The van der Waals surface area contributed by atoms with Crippen molar-refractivity contribution in [2.45, 2.75) is 36.6 Å². The van der Waals surface area contributed by atoms with Gasteiger partial charge in [0, 0.05) is 17.7 Å². The maximum absolute atomic E-state index is 11.9. The van der Waals surface area contributed by atoms with Gasteiger partial charge in [-0.05, 0) is 30.7 Å². The largest absolute Gasteiger partial charge is 0.467 e. The Labute approximate surface area is 134 Å². The summed E-state index contributed by atoms with van der Waals surface area (Å²) in [6, 6.07) is 7.94. The summed E-state index contributed by atoms with van der Waals surface area (Å²) in [6.07, 6.45) is 5.33. The molecule has 1 unspecified atom stereocenters. The van der Waals surface area contributed by atoms with Crippen molar-refractivity contribution in [3.05, 3.63) is 41.5 Å². The van der Waals surface area contributed by atoms with Gasteiger partial charge < -0.3 is 4.74 Å². The topological polar surface area (TPSA) is 57.0 Å². The summed E-state index contributed by atoms with van der Waals surface area (Å²) in [4.78, 5) is 17.7. The number of carbonyl (C=O) groups excluding carboxylic acids is 1. The van der Waals surface area contributed by atoms with Gasteiger partial charge >= 0.3 is 5.97 Å². The monoisotopic (exact) mass is 317 g/mol. The van der Waals surface area contributed by atoms with Gasteiger partial charge in [-0.25, -0.2) is 14.5 Å². The first-order valence-corrected chi connectivity index (χ1v) is 8.59. The Hall–Kier alpha value is -1.82. The number of fused-ring (bicyclic) bond motifs is 1. The molecule has 1 atom stereocenters. The molecule has 0 spiro atoms. The Morgan fingerprint density at radius 2 is 2.27 bits per heavy atom. The molecule has 2 heterocycles. The fourth-order valence-corrected chi connectivity index (χ4v) is 3.47. The minimum atomic E-state index is -0.328. The van der Waals surface area contributed by atoms with Crippen LogP contribution in [0.3, 0.4) is 0 Å². The highest BCUT2D eigenvalue weighted by Gasteiger charge is 2.29. The van der Waals surface area contributed by atoms with Crippen molar-refractivity contribution < 1.29 is 9.53 Å². The van der Waals surface area contributed by atoms with Gasteiger partial charge in [0.2, 0.25) is 0 Å². The molecule has 0 radical (unpaired) electrons. The van der Waals surface area contributed by atoms with Crippen LogP contribution in [0.25, 0.3) is 0 Å². The van der Waals surface area contributed by atoms with Crippen molar-refractivity contribution in [3.63, 3.8) is 0 Å². The fraction of sp³-hybridized carbons (Fsp3) is 0.438. The number of rotatable bonds is 4. The van der Waals surface area contributed by atoms with Gasteiger partial charge in [0.05, 0.1) is 7.11 Å². The molecule has 0 amide bonds. The summed E-state index contributed by atoms with van der Waals surface area (Å²) in [6.45, 7) is 0. The number of aryl methyl sites for hydroxylation is 1. The minimum Gasteiger partial charge on any atom is -0.467 e. The molecule has 6 heteroatoms. The van der Waals surface area contributed by atoms with Gasteiger partial charge in [0.15, 0.2) is 11.9 Å². The van der Waals surface area contributed by atoms with Crippen LogP contribution in [0.4, 0.5) is 0 Å². The van der Waals surface area contributed by atoms with Gasteiger partial charge in [0.1, 0.15) is 5.82 Å². The van der Waals surface area contributed by atoms with E-state index >= 15 is 0 Å². The summed E-state index contributed by atoms with van der Waals surface area (Å²) in [5, 5.41) is 4.57. The number of carbonyl (C=O) groups is 1. The van der Waals surface area contributed by atoms with Gasteiger partial charge in [0.25, 0.3) is 0 Å². The van der Waals surface area contributed by atoms with Crippen LogP contribution < -0.4 is 0 Å². The average Bonchev–Trinajstić information content (AvgIpc) is 2.96. The number of thioether (sulfide) groups is 1. The van der Waals surface area contributed by atoms with E-state index in [1.54, 1.807) is 16.4 Å². The Bertz CT molecular complexity index is 684. The van der Waals surface area contributed by atoms with Crippen molar-refractivity contribution in [2.24, 2.45) is 0 Å². The molecule has 1 aromatic carbocycles. The lowest BCUT2D eigenvalue weighted by molar-refractivity contribution is -0.145. The molecule has 0 fully saturated rings. The maximum Gasteiger partial charge on any atom is 0.330 e. The molecule has 0 aliphatic carbocycles. The van der Waals surface area contributed by atoms with Crippen LogP contribution in [0, 0.1) is 0 Å². The fourth-order valence-electron chi connectivity index (χ4n) is 2.85. The summed E-state index contributed by atoms with van der Waals surface area (Å²) in [5.74, 6) is 1.42. The van der Waals surface area contributed by atoms with Crippen LogP contribution in [-0.2, 0) is 22.4 Å². The first-order chi connectivity index (χ1) is 10.7. The number of esters is 1. The first-order valence-electron chi connectivity index (χ1n) is 7.37. The van der Waals surface area contributed by atoms with Crippen molar-refractivity contribution in [3.8, 4) is 0 Å². The highest BCUT2D eigenvalue weighted by atomic mass is 32.2. The lowest BCUT2D eigenvalue weighted by Crippen LogP contribution is -2.27. The number of nitrogens with zero attached hydrogens (tertiary/aromatic N) is 3. The van der Waals surface area contributed by atoms with Crippen molar-refractivity contribution in [1.82, 2.24) is 14.8 Å². The van der Waals surface area contributed by atoms with E-state index in [4.69, 9.17) is 4.74 Å². The quantitative estimate of drug-likeness (QED) is 0.641. The number of methoxy groups -OCH3 is 1. The molecule has 22 heavy (non-hydrogen) atoms. The highest BCUT2D eigenvalue weighted by molar-refractivity contribution is 7.98. The zero-order valence-corrected chi connectivity index (χ0v) is 13.6. The van der Waals surface area contributed by atoms with Crippen molar-refractivity contribution in [1.29, 1.82) is 0 Å². The predicted octanol–water partition coefficient (Wildman–Crippen LogP) is 2.64. The van der Waals surface area contributed by atoms with Crippen LogP contribution in [0.15, 0.2) is 29.2 Å². The molecule has 0 saturated heterocycles. The number of benzene rings is 1. The Morgan fingerprint density at radius 1 is 1.45 bits per heavy atom. The number of ether oxygens (including phenoxy) is 1. The van der Waals surface area contributed by atoms with Crippen LogP contribution in [-0.4, -0.2) is 34.1 Å². The lowest BCUT2D eigenvalue weighted by Gasteiger charge is -2.20. The summed E-state index contributed by atoms with van der Waals surface area (Å²) < 4.78 is 6.64. The van der Waals surface area contributed by atoms with Gasteiger partial charge in [-0.15, -0.1) is 11.8 Å². The number of aromatic nitrogens is 3. The van der Waals surface area contributed by atoms with E-state index in [9.17, 15) is 4.79 Å². The van der Waals surface area contributed by atoms with Crippen molar-refractivity contribution >= 4 is 17.7 Å². The van der Waals surface area contributed by atoms with Crippen LogP contribution in [0.1, 0.15) is 36.1 Å². The van der Waals surface area contributed by atoms with E-state index in [0.717, 1.165) is 30.9 Å². The number of hydrogen-bond donors (Lipinski definition) is 0. The van der Waals surface area contributed by atoms with Crippen LogP contribution in [0.5, 0.6) is 0 Å². The predicted molar refractivity (Wildman–Crippen MR) is 85.0 cm³/mol. The van der Waals surface area contributed by atoms with Crippen LogP contribution >= 0.6 is 11.8 Å². The molecule has 1 aromatic heterocycles. The molecule has 3 rings (SSSR count). The maximum atomic E-state index is 11.9. The molecule has 0 N–H and O–H groups in total. The third-order valence-corrected chi connectivity index (χ3v) is 4.77. The second-order valence-corrected chi connectivity index (χ2v) is 6.16. The lowest BCUT2D eigenvalue weighted by atomic mass is 10.1. The molecule has 116 valence electrons. The standard InChI is InChI=1S/C16H19N3O2S/c1-21-16(20)12-7-5-9-15-17-14(18-19(12)15)10-11-6-3-4-8-13(11)22-2/h3-4,6,8,12H,5,7,9-10H2,1-2H3. The SMILES string of the molecule is COC(=O)C1CCCc2nc(Cc3ccccc3SC)nn21. The zero-order chi connectivity index (χ0) is 15.5. The van der Waals surface area contributed by atoms with Crippen molar-refractivity contribution in [2.75, 3.05) is 13.4 Å². The normalized spacial score (nSPS) is 17.1. The molecule has 1 aliphatic heterocycles. The Kier molecular flexibility index (Phi) is 4.47. The molecule has 2 aromatic rings. The van der Waals surface area contributed by atoms with E-state index in [1.165, 1.54) is 17.6 Å². The zero-order valence-electron chi connectivity index (χ0n) is 12.8. The Balaban J connectivity index is 1.88. The molecule has 5 nitrogen and oxygen atoms in total. The molecule has 0 bridgehead atoms. The third kappa shape index (κ3) is 2.88. The molecular weight excluding hydrogens is 298 g/mol. The summed E-state index contributed by atoms with van der Waals surface area (Å²) >= 11 is 1.72. The van der Waals surface area contributed by atoms with Gasteiger partial charge in [-0.3, -0.25) is 0 Å². The van der Waals surface area contributed by atoms with E-state index in [2.05, 4.69) is 28.5 Å². The number of hydrogen-bond acceptors (Lipinski definition) is 5. The second kappa shape index (κ2) is 6.52. The molecule has 1 aliphatic rings.